The van der Waals surface area contributed by atoms with E-state index in [0.717, 1.165) is 6.29 Å². The van der Waals surface area contributed by atoms with E-state index >= 15 is 0 Å². The SMILES string of the molecule is C[C@@H]1[C@@H](CS(=O)(=O)c2ccccc2)[C@H](CC=O)O[C@@H]1C[C@@H](CO[Si](C)(C)C(C)(C)C)O[Si](C)(C)C(C)(C)C. The molecular formula is C29H52O6SSi2. The lowest BCUT2D eigenvalue weighted by molar-refractivity contribution is -0.110. The van der Waals surface area contributed by atoms with Crippen molar-refractivity contribution in [3.63, 3.8) is 0 Å². The van der Waals surface area contributed by atoms with Crippen molar-refractivity contribution >= 4 is 32.8 Å². The van der Waals surface area contributed by atoms with Gasteiger partial charge in [-0.1, -0.05) is 66.7 Å². The number of hydrogen-bond acceptors (Lipinski definition) is 6. The zero-order valence-electron chi connectivity index (χ0n) is 25.5. The fourth-order valence-electron chi connectivity index (χ4n) is 4.42. The first-order valence-electron chi connectivity index (χ1n) is 13.9. The predicted octanol–water partition coefficient (Wildman–Crippen LogP) is 6.87. The minimum atomic E-state index is -3.51. The Morgan fingerprint density at radius 3 is 2.00 bits per heavy atom. The van der Waals surface area contributed by atoms with Gasteiger partial charge in [0.1, 0.15) is 6.29 Å². The molecule has 5 atom stereocenters. The lowest BCUT2D eigenvalue weighted by Crippen LogP contribution is -2.48. The summed E-state index contributed by atoms with van der Waals surface area (Å²) in [5.41, 5.74) is 0. The molecule has 38 heavy (non-hydrogen) atoms. The first-order chi connectivity index (χ1) is 17.2. The van der Waals surface area contributed by atoms with Gasteiger partial charge in [-0.15, -0.1) is 0 Å². The molecular weight excluding hydrogens is 533 g/mol. The van der Waals surface area contributed by atoms with E-state index in [0.29, 0.717) is 17.9 Å². The molecule has 1 aliphatic rings. The van der Waals surface area contributed by atoms with E-state index < -0.39 is 32.6 Å². The molecule has 2 rings (SSSR count). The van der Waals surface area contributed by atoms with Crippen molar-refractivity contribution in [3.8, 4) is 0 Å². The fraction of sp³-hybridized carbons (Fsp3) is 0.759. The van der Waals surface area contributed by atoms with E-state index in [-0.39, 0.29) is 46.3 Å². The van der Waals surface area contributed by atoms with E-state index in [1.54, 1.807) is 30.3 Å². The molecule has 0 saturated carbocycles. The van der Waals surface area contributed by atoms with Crippen LogP contribution in [-0.4, -0.2) is 62.0 Å². The van der Waals surface area contributed by atoms with Crippen LogP contribution in [0.1, 0.15) is 61.3 Å². The molecule has 0 aromatic heterocycles. The van der Waals surface area contributed by atoms with Gasteiger partial charge >= 0.3 is 0 Å². The Morgan fingerprint density at radius 1 is 0.947 bits per heavy atom. The second-order valence-corrected chi connectivity index (χ2v) is 25.6. The second-order valence-electron chi connectivity index (χ2n) is 14.0. The summed E-state index contributed by atoms with van der Waals surface area (Å²) in [6.45, 7) is 24.9. The molecule has 0 bridgehead atoms. The molecule has 1 aromatic rings. The lowest BCUT2D eigenvalue weighted by Gasteiger charge is -2.42. The van der Waals surface area contributed by atoms with Crippen LogP contribution in [0.5, 0.6) is 0 Å². The third-order valence-corrected chi connectivity index (χ3v) is 20.0. The van der Waals surface area contributed by atoms with Gasteiger partial charge in [0.2, 0.25) is 0 Å². The number of carbonyl (C=O) groups is 1. The van der Waals surface area contributed by atoms with Gasteiger partial charge in [0.05, 0.1) is 35.6 Å². The van der Waals surface area contributed by atoms with Crippen LogP contribution in [0.25, 0.3) is 0 Å². The maximum Gasteiger partial charge on any atom is 0.192 e. The maximum atomic E-state index is 13.2. The van der Waals surface area contributed by atoms with Crippen LogP contribution in [0.2, 0.25) is 36.3 Å². The van der Waals surface area contributed by atoms with Crippen LogP contribution in [0, 0.1) is 11.8 Å². The topological polar surface area (TPSA) is 78.9 Å². The molecule has 0 amide bonds. The zero-order valence-corrected chi connectivity index (χ0v) is 28.4. The van der Waals surface area contributed by atoms with E-state index in [1.807, 2.05) is 0 Å². The maximum absolute atomic E-state index is 13.2. The van der Waals surface area contributed by atoms with Crippen molar-refractivity contribution in [2.24, 2.45) is 11.8 Å². The first kappa shape index (κ1) is 33.4. The van der Waals surface area contributed by atoms with Gasteiger partial charge in [-0.05, 0) is 54.3 Å². The Morgan fingerprint density at radius 2 is 1.50 bits per heavy atom. The van der Waals surface area contributed by atoms with Crippen molar-refractivity contribution < 1.29 is 26.8 Å². The highest BCUT2D eigenvalue weighted by Gasteiger charge is 2.47. The van der Waals surface area contributed by atoms with Crippen molar-refractivity contribution in [1.82, 2.24) is 0 Å². The Labute approximate surface area is 234 Å². The van der Waals surface area contributed by atoms with Gasteiger partial charge in [0.15, 0.2) is 26.5 Å². The molecule has 9 heteroatoms. The van der Waals surface area contributed by atoms with Crippen LogP contribution in [-0.2, 0) is 28.2 Å². The molecule has 0 unspecified atom stereocenters. The second kappa shape index (κ2) is 12.3. The molecule has 1 saturated heterocycles. The lowest BCUT2D eigenvalue weighted by atomic mass is 9.87. The predicted molar refractivity (Wildman–Crippen MR) is 160 cm³/mol. The molecule has 0 radical (unpaired) electrons. The highest BCUT2D eigenvalue weighted by Crippen LogP contribution is 2.42. The summed E-state index contributed by atoms with van der Waals surface area (Å²) in [6.07, 6.45) is 0.823. The van der Waals surface area contributed by atoms with Crippen LogP contribution in [0.4, 0.5) is 0 Å². The van der Waals surface area contributed by atoms with E-state index in [9.17, 15) is 13.2 Å². The molecule has 0 spiro atoms. The summed E-state index contributed by atoms with van der Waals surface area (Å²) in [6, 6.07) is 8.53. The number of sulfone groups is 1. The number of rotatable bonds is 12. The minimum absolute atomic E-state index is 0.0384. The van der Waals surface area contributed by atoms with Crippen molar-refractivity contribution in [3.05, 3.63) is 30.3 Å². The van der Waals surface area contributed by atoms with Gasteiger partial charge < -0.3 is 18.4 Å². The Balaban J connectivity index is 2.29. The van der Waals surface area contributed by atoms with Gasteiger partial charge in [-0.25, -0.2) is 8.42 Å². The van der Waals surface area contributed by atoms with Gasteiger partial charge in [-0.3, -0.25) is 0 Å². The number of ether oxygens (including phenoxy) is 1. The van der Waals surface area contributed by atoms with Gasteiger partial charge in [0.25, 0.3) is 0 Å². The monoisotopic (exact) mass is 584 g/mol. The average molecular weight is 585 g/mol. The normalized spacial score (nSPS) is 24.4. The molecule has 1 aliphatic heterocycles. The van der Waals surface area contributed by atoms with Gasteiger partial charge in [0, 0.05) is 18.8 Å². The average Bonchev–Trinajstić information content (AvgIpc) is 3.05. The number of carbonyl (C=O) groups excluding carboxylic acids is 1. The largest absolute Gasteiger partial charge is 0.414 e. The summed E-state index contributed by atoms with van der Waals surface area (Å²) in [5.74, 6) is -0.358. The van der Waals surface area contributed by atoms with Crippen LogP contribution in [0.15, 0.2) is 35.2 Å². The molecule has 1 aromatic carbocycles. The highest BCUT2D eigenvalue weighted by atomic mass is 32.2. The Kier molecular flexibility index (Phi) is 10.8. The highest BCUT2D eigenvalue weighted by molar-refractivity contribution is 7.91. The number of hydrogen-bond donors (Lipinski definition) is 0. The fourth-order valence-corrected chi connectivity index (χ4v) is 8.59. The summed E-state index contributed by atoms with van der Waals surface area (Å²) < 4.78 is 46.4. The third kappa shape index (κ3) is 8.33. The van der Waals surface area contributed by atoms with Gasteiger partial charge in [-0.2, -0.15) is 0 Å². The van der Waals surface area contributed by atoms with Crippen molar-refractivity contribution in [1.29, 1.82) is 0 Å². The molecule has 1 heterocycles. The standard InChI is InChI=1S/C29H52O6SSi2/c1-22-25(21-36(31,32)24-15-13-12-14-16-24)26(17-18-30)34-27(22)19-23(35-38(10,11)29(5,6)7)20-33-37(8,9)28(2,3)4/h12-16,18,22-23,25-27H,17,19-21H2,1-11H3/t22-,23+,25-,26+,27-/m1/s1. The molecule has 218 valence electrons. The van der Waals surface area contributed by atoms with E-state index in [2.05, 4.69) is 74.7 Å². The summed E-state index contributed by atoms with van der Waals surface area (Å²) >= 11 is 0. The molecule has 0 N–H and O–H groups in total. The third-order valence-electron chi connectivity index (χ3n) is 9.13. The molecule has 6 nitrogen and oxygen atoms in total. The first-order valence-corrected chi connectivity index (χ1v) is 21.4. The number of aldehydes is 1. The minimum Gasteiger partial charge on any atom is -0.414 e. The van der Waals surface area contributed by atoms with E-state index in [1.165, 1.54) is 0 Å². The summed E-state index contributed by atoms with van der Waals surface area (Å²) in [7, 11) is -7.62. The Bertz CT molecular complexity index is 1010. The van der Waals surface area contributed by atoms with E-state index in [4.69, 9.17) is 13.6 Å². The molecule has 1 fully saturated rings. The van der Waals surface area contributed by atoms with Crippen LogP contribution >= 0.6 is 0 Å². The van der Waals surface area contributed by atoms with Crippen molar-refractivity contribution in [2.75, 3.05) is 12.4 Å². The number of benzene rings is 1. The summed E-state index contributed by atoms with van der Waals surface area (Å²) in [4.78, 5) is 11.8. The zero-order chi connectivity index (χ0) is 29.2. The van der Waals surface area contributed by atoms with Crippen LogP contribution in [0.3, 0.4) is 0 Å². The quantitative estimate of drug-likeness (QED) is 0.197. The Hall–Kier alpha value is -0.846. The smallest absolute Gasteiger partial charge is 0.192 e. The van der Waals surface area contributed by atoms with Crippen LogP contribution < -0.4 is 0 Å². The van der Waals surface area contributed by atoms with Crippen molar-refractivity contribution in [2.45, 2.75) is 121 Å². The molecule has 0 aliphatic carbocycles. The summed E-state index contributed by atoms with van der Waals surface area (Å²) in [5, 5.41) is 0.119.